The van der Waals surface area contributed by atoms with Crippen LogP contribution in [0.15, 0.2) is 24.0 Å². The zero-order chi connectivity index (χ0) is 15.5. The van der Waals surface area contributed by atoms with Gasteiger partial charge in [0.1, 0.15) is 4.88 Å². The largest absolute Gasteiger partial charge is 0.370 e. The van der Waals surface area contributed by atoms with Gasteiger partial charge in [0.15, 0.2) is 0 Å². The Morgan fingerprint density at radius 3 is 2.86 bits per heavy atom. The van der Waals surface area contributed by atoms with Gasteiger partial charge in [-0.3, -0.25) is 9.78 Å². The quantitative estimate of drug-likeness (QED) is 0.936. The highest BCUT2D eigenvalue weighted by Gasteiger charge is 2.23. The number of carbonyl (C=O) groups excluding carboxylic acids is 1. The van der Waals surface area contributed by atoms with Gasteiger partial charge >= 0.3 is 0 Å². The first-order chi connectivity index (χ1) is 10.6. The third-order valence-corrected chi connectivity index (χ3v) is 5.09. The number of nitrogens with one attached hydrogen (secondary N) is 1. The highest BCUT2D eigenvalue weighted by atomic mass is 35.5. The maximum atomic E-state index is 12.2. The van der Waals surface area contributed by atoms with E-state index < -0.39 is 0 Å². The molecule has 1 fully saturated rings. The number of halogens is 1. The number of hydrogen-bond donors (Lipinski definition) is 1. The van der Waals surface area contributed by atoms with Crippen LogP contribution in [0, 0.1) is 6.92 Å². The molecule has 1 amide bonds. The van der Waals surface area contributed by atoms with Gasteiger partial charge in [0, 0.05) is 31.5 Å². The van der Waals surface area contributed by atoms with E-state index in [1.54, 1.807) is 17.9 Å². The average Bonchev–Trinajstić information content (AvgIpc) is 2.95. The Morgan fingerprint density at radius 1 is 1.45 bits per heavy atom. The van der Waals surface area contributed by atoms with Crippen LogP contribution in [-0.4, -0.2) is 35.0 Å². The summed E-state index contributed by atoms with van der Waals surface area (Å²) in [5, 5.41) is 3.78. The number of aryl methyl sites for hydroxylation is 1. The summed E-state index contributed by atoms with van der Waals surface area (Å²) in [5.41, 5.74) is 3.52. The van der Waals surface area contributed by atoms with E-state index in [1.165, 1.54) is 11.3 Å². The summed E-state index contributed by atoms with van der Waals surface area (Å²) in [4.78, 5) is 23.3. The van der Waals surface area contributed by atoms with Crippen LogP contribution >= 0.6 is 22.9 Å². The lowest BCUT2D eigenvalue weighted by Gasteiger charge is -2.34. The minimum atomic E-state index is -0.0135. The summed E-state index contributed by atoms with van der Waals surface area (Å²) in [6.07, 6.45) is 5.23. The fourth-order valence-corrected chi connectivity index (χ4v) is 3.60. The van der Waals surface area contributed by atoms with E-state index in [0.29, 0.717) is 9.90 Å². The highest BCUT2D eigenvalue weighted by Crippen LogP contribution is 2.27. The molecule has 1 saturated heterocycles. The number of pyridine rings is 1. The maximum absolute atomic E-state index is 12.2. The predicted molar refractivity (Wildman–Crippen MR) is 88.8 cm³/mol. The maximum Gasteiger partial charge on any atom is 0.263 e. The second kappa shape index (κ2) is 6.62. The molecule has 2 aromatic rings. The predicted octanol–water partition coefficient (Wildman–Crippen LogP) is 2.90. The molecular weight excluding hydrogens is 320 g/mol. The van der Waals surface area contributed by atoms with Crippen molar-refractivity contribution in [2.24, 2.45) is 0 Å². The number of carbonyl (C=O) groups is 1. The molecule has 0 unspecified atom stereocenters. The molecule has 3 rings (SSSR count). The second-order valence-electron chi connectivity index (χ2n) is 5.33. The van der Waals surface area contributed by atoms with Crippen molar-refractivity contribution in [2.75, 3.05) is 18.0 Å². The highest BCUT2D eigenvalue weighted by molar-refractivity contribution is 7.11. The molecule has 0 saturated carbocycles. The molecule has 1 aliphatic heterocycles. The van der Waals surface area contributed by atoms with E-state index in [0.717, 1.165) is 37.3 Å². The van der Waals surface area contributed by atoms with Crippen molar-refractivity contribution < 1.29 is 4.79 Å². The van der Waals surface area contributed by atoms with Crippen LogP contribution in [0.3, 0.4) is 0 Å². The lowest BCUT2D eigenvalue weighted by Crippen LogP contribution is -2.44. The summed E-state index contributed by atoms with van der Waals surface area (Å²) in [7, 11) is 0. The third-order valence-electron chi connectivity index (χ3n) is 3.87. The standard InChI is InChI=1S/C15H17ClN4OS/c1-10-14(22-9-18-10)15(21)19-11-3-6-20(7-4-11)13-2-5-17-8-12(13)16/h2,5,8-9,11H,3-4,6-7H2,1H3,(H,19,21). The number of anilines is 1. The molecule has 0 aromatic carbocycles. The van der Waals surface area contributed by atoms with Crippen molar-refractivity contribution in [3.8, 4) is 0 Å². The fraction of sp³-hybridized carbons (Fsp3) is 0.400. The molecule has 0 spiro atoms. The van der Waals surface area contributed by atoms with Crippen LogP contribution in [0.25, 0.3) is 0 Å². The molecule has 0 radical (unpaired) electrons. The molecule has 116 valence electrons. The molecule has 22 heavy (non-hydrogen) atoms. The SMILES string of the molecule is Cc1ncsc1C(=O)NC1CCN(c2ccncc2Cl)CC1. The van der Waals surface area contributed by atoms with E-state index in [9.17, 15) is 4.79 Å². The Bertz CT molecular complexity index is 667. The first-order valence-corrected chi connectivity index (χ1v) is 8.46. The minimum absolute atomic E-state index is 0.0135. The number of rotatable bonds is 3. The van der Waals surface area contributed by atoms with Crippen molar-refractivity contribution in [3.63, 3.8) is 0 Å². The number of hydrogen-bond acceptors (Lipinski definition) is 5. The third kappa shape index (κ3) is 3.23. The molecule has 1 aliphatic rings. The molecule has 0 bridgehead atoms. The molecule has 0 atom stereocenters. The van der Waals surface area contributed by atoms with Gasteiger partial charge in [0.05, 0.1) is 21.9 Å². The zero-order valence-electron chi connectivity index (χ0n) is 12.3. The van der Waals surface area contributed by atoms with Gasteiger partial charge < -0.3 is 10.2 Å². The molecule has 2 aromatic heterocycles. The first kappa shape index (κ1) is 15.2. The van der Waals surface area contributed by atoms with Gasteiger partial charge in [-0.25, -0.2) is 4.98 Å². The molecule has 3 heterocycles. The molecular formula is C15H17ClN4OS. The van der Waals surface area contributed by atoms with Crippen LogP contribution in [-0.2, 0) is 0 Å². The lowest BCUT2D eigenvalue weighted by atomic mass is 10.0. The van der Waals surface area contributed by atoms with E-state index in [-0.39, 0.29) is 11.9 Å². The van der Waals surface area contributed by atoms with Crippen molar-refractivity contribution in [2.45, 2.75) is 25.8 Å². The number of piperidine rings is 1. The first-order valence-electron chi connectivity index (χ1n) is 7.20. The minimum Gasteiger partial charge on any atom is -0.370 e. The summed E-state index contributed by atoms with van der Waals surface area (Å²) in [6.45, 7) is 3.60. The van der Waals surface area contributed by atoms with Crippen molar-refractivity contribution >= 4 is 34.5 Å². The topological polar surface area (TPSA) is 58.1 Å². The number of amides is 1. The Morgan fingerprint density at radius 2 is 2.23 bits per heavy atom. The lowest BCUT2D eigenvalue weighted by molar-refractivity contribution is 0.0934. The van der Waals surface area contributed by atoms with Crippen molar-refractivity contribution in [1.82, 2.24) is 15.3 Å². The monoisotopic (exact) mass is 336 g/mol. The van der Waals surface area contributed by atoms with Gasteiger partial charge in [0.2, 0.25) is 0 Å². The molecule has 1 N–H and O–H groups in total. The Labute approximate surface area is 138 Å². The number of thiazole rings is 1. The van der Waals surface area contributed by atoms with Gasteiger partial charge in [-0.05, 0) is 25.8 Å². The van der Waals surface area contributed by atoms with Crippen LogP contribution < -0.4 is 10.2 Å². The Hall–Kier alpha value is -1.66. The fourth-order valence-electron chi connectivity index (χ4n) is 2.66. The Balaban J connectivity index is 1.57. The van der Waals surface area contributed by atoms with E-state index in [2.05, 4.69) is 20.2 Å². The zero-order valence-corrected chi connectivity index (χ0v) is 13.8. The molecule has 5 nitrogen and oxygen atoms in total. The van der Waals surface area contributed by atoms with Crippen LogP contribution in [0.2, 0.25) is 5.02 Å². The van der Waals surface area contributed by atoms with Gasteiger partial charge in [-0.2, -0.15) is 0 Å². The summed E-state index contributed by atoms with van der Waals surface area (Å²) < 4.78 is 0. The van der Waals surface area contributed by atoms with Crippen LogP contribution in [0.1, 0.15) is 28.2 Å². The van der Waals surface area contributed by atoms with Crippen molar-refractivity contribution in [3.05, 3.63) is 39.6 Å². The second-order valence-corrected chi connectivity index (χ2v) is 6.59. The van der Waals surface area contributed by atoms with E-state index in [1.807, 2.05) is 13.0 Å². The summed E-state index contributed by atoms with van der Waals surface area (Å²) in [5.74, 6) is -0.0135. The summed E-state index contributed by atoms with van der Waals surface area (Å²) >= 11 is 7.57. The van der Waals surface area contributed by atoms with Crippen molar-refractivity contribution in [1.29, 1.82) is 0 Å². The van der Waals surface area contributed by atoms with Gasteiger partial charge in [-0.1, -0.05) is 11.6 Å². The summed E-state index contributed by atoms with van der Waals surface area (Å²) in [6, 6.07) is 2.13. The van der Waals surface area contributed by atoms with E-state index in [4.69, 9.17) is 11.6 Å². The molecule has 7 heteroatoms. The average molecular weight is 337 g/mol. The van der Waals surface area contributed by atoms with Crippen LogP contribution in [0.5, 0.6) is 0 Å². The smallest absolute Gasteiger partial charge is 0.263 e. The Kier molecular flexibility index (Phi) is 4.59. The van der Waals surface area contributed by atoms with E-state index >= 15 is 0 Å². The van der Waals surface area contributed by atoms with Crippen LogP contribution in [0.4, 0.5) is 5.69 Å². The number of nitrogens with zero attached hydrogens (tertiary/aromatic N) is 3. The van der Waals surface area contributed by atoms with Gasteiger partial charge in [-0.15, -0.1) is 11.3 Å². The molecule has 0 aliphatic carbocycles. The number of aromatic nitrogens is 2. The van der Waals surface area contributed by atoms with Gasteiger partial charge in [0.25, 0.3) is 5.91 Å². The normalized spacial score (nSPS) is 15.8.